The summed E-state index contributed by atoms with van der Waals surface area (Å²) in [5.74, 6) is 0. The van der Waals surface area contributed by atoms with Crippen LogP contribution in [0.3, 0.4) is 0 Å². The molecule has 3 heterocycles. The third kappa shape index (κ3) is 1.64. The highest BCUT2D eigenvalue weighted by molar-refractivity contribution is 7.91. The minimum atomic E-state index is -3.76. The molecule has 3 rings (SSSR count). The SMILES string of the molecule is Cc1nc2c(C)cccn2c1S(=O)(=O)c1ncn[nH]1. The Morgan fingerprint density at radius 2 is 2.11 bits per heavy atom. The number of imidazole rings is 1. The lowest BCUT2D eigenvalue weighted by Crippen LogP contribution is -2.09. The first kappa shape index (κ1) is 11.8. The Morgan fingerprint density at radius 1 is 1.32 bits per heavy atom. The number of pyridine rings is 1. The molecule has 0 bridgehead atoms. The molecule has 0 aromatic carbocycles. The summed E-state index contributed by atoms with van der Waals surface area (Å²) in [5.41, 5.74) is 1.97. The summed E-state index contributed by atoms with van der Waals surface area (Å²) in [6, 6.07) is 3.66. The average molecular weight is 277 g/mol. The van der Waals surface area contributed by atoms with Gasteiger partial charge < -0.3 is 0 Å². The van der Waals surface area contributed by atoms with Crippen LogP contribution in [0, 0.1) is 13.8 Å². The van der Waals surface area contributed by atoms with E-state index in [-0.39, 0.29) is 10.2 Å². The predicted molar refractivity (Wildman–Crippen MR) is 66.5 cm³/mol. The zero-order chi connectivity index (χ0) is 13.6. The lowest BCUT2D eigenvalue weighted by atomic mass is 10.3. The Hall–Kier alpha value is -2.22. The number of H-pyrrole nitrogens is 1. The van der Waals surface area contributed by atoms with Crippen molar-refractivity contribution in [2.75, 3.05) is 0 Å². The second-order valence-corrected chi connectivity index (χ2v) is 5.96. The van der Waals surface area contributed by atoms with Crippen LogP contribution in [-0.2, 0) is 9.84 Å². The van der Waals surface area contributed by atoms with Crippen LogP contribution in [-0.4, -0.2) is 33.0 Å². The molecule has 0 spiro atoms. The minimum absolute atomic E-state index is 0.114. The number of hydrogen-bond donors (Lipinski definition) is 1. The first-order valence-electron chi connectivity index (χ1n) is 5.56. The summed E-state index contributed by atoms with van der Waals surface area (Å²) in [6.07, 6.45) is 2.84. The predicted octanol–water partition coefficient (Wildman–Crippen LogP) is 0.902. The fraction of sp³-hybridized carbons (Fsp3) is 0.182. The fourth-order valence-corrected chi connectivity index (χ4v) is 3.42. The van der Waals surface area contributed by atoms with Crippen molar-refractivity contribution in [1.29, 1.82) is 0 Å². The zero-order valence-electron chi connectivity index (χ0n) is 10.3. The van der Waals surface area contributed by atoms with Crippen molar-refractivity contribution < 1.29 is 8.42 Å². The van der Waals surface area contributed by atoms with E-state index in [0.717, 1.165) is 11.9 Å². The van der Waals surface area contributed by atoms with Gasteiger partial charge in [-0.2, -0.15) is 5.10 Å². The van der Waals surface area contributed by atoms with Crippen LogP contribution in [0.4, 0.5) is 0 Å². The van der Waals surface area contributed by atoms with Gasteiger partial charge in [-0.05, 0) is 25.5 Å². The zero-order valence-corrected chi connectivity index (χ0v) is 11.1. The van der Waals surface area contributed by atoms with Crippen LogP contribution >= 0.6 is 0 Å². The largest absolute Gasteiger partial charge is 0.290 e. The Labute approximate surface area is 109 Å². The molecule has 0 saturated heterocycles. The van der Waals surface area contributed by atoms with Crippen molar-refractivity contribution in [2.45, 2.75) is 24.0 Å². The lowest BCUT2D eigenvalue weighted by molar-refractivity contribution is 0.582. The molecule has 7 nitrogen and oxygen atoms in total. The third-order valence-corrected chi connectivity index (χ3v) is 4.57. The molecule has 19 heavy (non-hydrogen) atoms. The standard InChI is InChI=1S/C11H11N5O2S/c1-7-4-3-5-16-9(7)14-8(2)10(16)19(17,18)11-12-6-13-15-11/h3-6H,1-2H3,(H,12,13,15). The molecule has 8 heteroatoms. The molecule has 0 radical (unpaired) electrons. The number of fused-ring (bicyclic) bond motifs is 1. The molecular weight excluding hydrogens is 266 g/mol. The molecular formula is C11H11N5O2S. The first-order valence-corrected chi connectivity index (χ1v) is 7.05. The van der Waals surface area contributed by atoms with Gasteiger partial charge in [-0.1, -0.05) is 6.07 Å². The summed E-state index contributed by atoms with van der Waals surface area (Å²) in [7, 11) is -3.76. The van der Waals surface area contributed by atoms with Crippen molar-refractivity contribution in [2.24, 2.45) is 0 Å². The number of nitrogens with zero attached hydrogens (tertiary/aromatic N) is 4. The smallest absolute Gasteiger partial charge is 0.259 e. The average Bonchev–Trinajstić information content (AvgIpc) is 2.96. The Bertz CT molecular complexity index is 849. The molecule has 3 aromatic rings. The summed E-state index contributed by atoms with van der Waals surface area (Å²) >= 11 is 0. The molecule has 0 amide bonds. The normalized spacial score (nSPS) is 12.1. The van der Waals surface area contributed by atoms with Gasteiger partial charge in [0, 0.05) is 6.20 Å². The lowest BCUT2D eigenvalue weighted by Gasteiger charge is -2.03. The molecule has 1 N–H and O–H groups in total. The number of aromatic nitrogens is 5. The molecule has 0 aliphatic rings. The number of hydrogen-bond acceptors (Lipinski definition) is 5. The molecule has 0 aliphatic carbocycles. The van der Waals surface area contributed by atoms with Gasteiger partial charge in [0.05, 0.1) is 5.69 Å². The number of rotatable bonds is 2. The Kier molecular flexibility index (Phi) is 2.42. The van der Waals surface area contributed by atoms with E-state index in [4.69, 9.17) is 0 Å². The minimum Gasteiger partial charge on any atom is -0.290 e. The maximum Gasteiger partial charge on any atom is 0.259 e. The second-order valence-electron chi connectivity index (χ2n) is 4.18. The third-order valence-electron chi connectivity index (χ3n) is 2.87. The first-order chi connectivity index (χ1) is 9.01. The highest BCUT2D eigenvalue weighted by Gasteiger charge is 2.28. The Balaban J connectivity index is 2.39. The van der Waals surface area contributed by atoms with Crippen molar-refractivity contribution >= 4 is 15.5 Å². The molecule has 0 unspecified atom stereocenters. The van der Waals surface area contributed by atoms with Gasteiger partial charge in [0.1, 0.15) is 12.0 Å². The summed E-state index contributed by atoms with van der Waals surface area (Å²) in [4.78, 5) is 8.03. The molecule has 0 saturated carbocycles. The summed E-state index contributed by atoms with van der Waals surface area (Å²) in [5, 5.41) is 5.90. The van der Waals surface area contributed by atoms with E-state index < -0.39 is 9.84 Å². The van der Waals surface area contributed by atoms with Crippen LogP contribution in [0.1, 0.15) is 11.3 Å². The number of aromatic amines is 1. The molecule has 0 aliphatic heterocycles. The van der Waals surface area contributed by atoms with Crippen LogP contribution in [0.2, 0.25) is 0 Å². The van der Waals surface area contributed by atoms with Gasteiger partial charge in [0.2, 0.25) is 5.16 Å². The second kappa shape index (κ2) is 3.89. The highest BCUT2D eigenvalue weighted by atomic mass is 32.2. The van der Waals surface area contributed by atoms with Gasteiger partial charge in [0.15, 0.2) is 5.03 Å². The van der Waals surface area contributed by atoms with E-state index in [9.17, 15) is 8.42 Å². The van der Waals surface area contributed by atoms with Crippen LogP contribution in [0.5, 0.6) is 0 Å². The van der Waals surface area contributed by atoms with Gasteiger partial charge in [-0.3, -0.25) is 4.40 Å². The summed E-state index contributed by atoms with van der Waals surface area (Å²) < 4.78 is 26.6. The summed E-state index contributed by atoms with van der Waals surface area (Å²) in [6.45, 7) is 3.54. The van der Waals surface area contributed by atoms with Gasteiger partial charge in [-0.25, -0.2) is 23.5 Å². The highest BCUT2D eigenvalue weighted by Crippen LogP contribution is 2.23. The fourth-order valence-electron chi connectivity index (χ4n) is 2.03. The molecule has 3 aromatic heterocycles. The maximum atomic E-state index is 12.5. The van der Waals surface area contributed by atoms with Crippen LogP contribution < -0.4 is 0 Å². The van der Waals surface area contributed by atoms with E-state index in [1.807, 2.05) is 13.0 Å². The van der Waals surface area contributed by atoms with Crippen molar-refractivity contribution in [3.63, 3.8) is 0 Å². The van der Waals surface area contributed by atoms with E-state index in [1.165, 1.54) is 0 Å². The quantitative estimate of drug-likeness (QED) is 0.751. The van der Waals surface area contributed by atoms with E-state index in [0.29, 0.717) is 11.3 Å². The number of nitrogens with one attached hydrogen (secondary N) is 1. The number of sulfone groups is 1. The topological polar surface area (TPSA) is 93.0 Å². The van der Waals surface area contributed by atoms with Crippen molar-refractivity contribution in [3.8, 4) is 0 Å². The Morgan fingerprint density at radius 3 is 2.79 bits per heavy atom. The van der Waals surface area contributed by atoms with Crippen LogP contribution in [0.25, 0.3) is 5.65 Å². The molecule has 98 valence electrons. The van der Waals surface area contributed by atoms with Gasteiger partial charge >= 0.3 is 0 Å². The van der Waals surface area contributed by atoms with Crippen molar-refractivity contribution in [3.05, 3.63) is 35.9 Å². The monoisotopic (exact) mass is 277 g/mol. The van der Waals surface area contributed by atoms with Crippen molar-refractivity contribution in [1.82, 2.24) is 24.6 Å². The maximum absolute atomic E-state index is 12.5. The van der Waals surface area contributed by atoms with E-state index >= 15 is 0 Å². The number of aryl methyl sites for hydroxylation is 2. The van der Waals surface area contributed by atoms with Gasteiger partial charge in [-0.15, -0.1) is 0 Å². The van der Waals surface area contributed by atoms with E-state index in [2.05, 4.69) is 20.2 Å². The van der Waals surface area contributed by atoms with Gasteiger partial charge in [0.25, 0.3) is 9.84 Å². The molecule has 0 atom stereocenters. The molecule has 0 fully saturated rings. The van der Waals surface area contributed by atoms with Crippen LogP contribution in [0.15, 0.2) is 34.8 Å². The van der Waals surface area contributed by atoms with E-state index in [1.54, 1.807) is 23.6 Å².